The van der Waals surface area contributed by atoms with E-state index in [0.29, 0.717) is 11.1 Å². The van der Waals surface area contributed by atoms with Crippen molar-refractivity contribution < 1.29 is 14.7 Å². The Bertz CT molecular complexity index is 333. The Kier molecular flexibility index (Phi) is 1.35. The van der Waals surface area contributed by atoms with Crippen LogP contribution in [0.4, 0.5) is 0 Å². The van der Waals surface area contributed by atoms with E-state index >= 15 is 0 Å². The lowest BCUT2D eigenvalue weighted by atomic mass is 10.1. The molecule has 0 aliphatic heterocycles. The van der Waals surface area contributed by atoms with Gasteiger partial charge in [-0.05, 0) is 0 Å². The SMILES string of the molecule is O=C1c2ccccc2C(=O)C1O. The number of rotatable bonds is 0. The molecule has 0 atom stereocenters. The summed E-state index contributed by atoms with van der Waals surface area (Å²) in [6.45, 7) is 0. The maximum absolute atomic E-state index is 11.1. The Labute approximate surface area is 68.6 Å². The van der Waals surface area contributed by atoms with Gasteiger partial charge in [0.15, 0.2) is 17.7 Å². The molecule has 3 heteroatoms. The van der Waals surface area contributed by atoms with Crippen molar-refractivity contribution in [1.82, 2.24) is 0 Å². The van der Waals surface area contributed by atoms with E-state index in [4.69, 9.17) is 5.11 Å². The van der Waals surface area contributed by atoms with E-state index in [1.54, 1.807) is 24.3 Å². The Morgan fingerprint density at radius 3 is 1.83 bits per heavy atom. The van der Waals surface area contributed by atoms with Crippen LogP contribution in [0.25, 0.3) is 0 Å². The molecule has 60 valence electrons. The summed E-state index contributed by atoms with van der Waals surface area (Å²) >= 11 is 0. The molecule has 1 N–H and O–H groups in total. The molecule has 2 rings (SSSR count). The minimum atomic E-state index is -1.47. The molecule has 1 aromatic rings. The highest BCUT2D eigenvalue weighted by Crippen LogP contribution is 2.21. The summed E-state index contributed by atoms with van der Waals surface area (Å²) in [7, 11) is 0. The molecule has 1 aromatic carbocycles. The summed E-state index contributed by atoms with van der Waals surface area (Å²) in [5.41, 5.74) is 0.657. The molecule has 0 aromatic heterocycles. The van der Waals surface area contributed by atoms with E-state index in [9.17, 15) is 9.59 Å². The van der Waals surface area contributed by atoms with Crippen LogP contribution in [-0.4, -0.2) is 22.8 Å². The number of aliphatic hydroxyl groups is 1. The quantitative estimate of drug-likeness (QED) is 0.562. The largest absolute Gasteiger partial charge is 0.377 e. The first-order valence-corrected chi connectivity index (χ1v) is 3.57. The number of hydrogen-bond donors (Lipinski definition) is 1. The molecule has 0 spiro atoms. The molecule has 3 nitrogen and oxygen atoms in total. The molecule has 0 unspecified atom stereocenters. The molecule has 0 saturated heterocycles. The van der Waals surface area contributed by atoms with Crippen molar-refractivity contribution in [2.45, 2.75) is 6.10 Å². The molecule has 0 bridgehead atoms. The van der Waals surface area contributed by atoms with E-state index < -0.39 is 17.7 Å². The molecule has 0 amide bonds. The lowest BCUT2D eigenvalue weighted by Crippen LogP contribution is -2.20. The average molecular weight is 162 g/mol. The first-order chi connectivity index (χ1) is 5.72. The number of Topliss-reactive ketones (excluding diaryl/α,β-unsaturated/α-hetero) is 2. The normalized spacial score (nSPS) is 16.8. The van der Waals surface area contributed by atoms with Crippen molar-refractivity contribution >= 4 is 11.6 Å². The predicted molar refractivity (Wildman–Crippen MR) is 41.1 cm³/mol. The highest BCUT2D eigenvalue weighted by molar-refractivity contribution is 6.28. The fourth-order valence-corrected chi connectivity index (χ4v) is 1.33. The fraction of sp³-hybridized carbons (Fsp3) is 0.111. The lowest BCUT2D eigenvalue weighted by molar-refractivity contribution is 0.0663. The summed E-state index contributed by atoms with van der Waals surface area (Å²) in [6, 6.07) is 6.43. The van der Waals surface area contributed by atoms with Crippen LogP contribution >= 0.6 is 0 Å². The molecule has 12 heavy (non-hydrogen) atoms. The maximum atomic E-state index is 11.1. The van der Waals surface area contributed by atoms with Crippen LogP contribution < -0.4 is 0 Å². The van der Waals surface area contributed by atoms with E-state index in [-0.39, 0.29) is 0 Å². The highest BCUT2D eigenvalue weighted by atomic mass is 16.3. The third kappa shape index (κ3) is 0.740. The second-order valence-corrected chi connectivity index (χ2v) is 2.68. The van der Waals surface area contributed by atoms with Gasteiger partial charge in [0.1, 0.15) is 0 Å². The van der Waals surface area contributed by atoms with E-state index in [1.807, 2.05) is 0 Å². The zero-order valence-electron chi connectivity index (χ0n) is 6.15. The van der Waals surface area contributed by atoms with Gasteiger partial charge in [0.25, 0.3) is 0 Å². The van der Waals surface area contributed by atoms with E-state index in [2.05, 4.69) is 0 Å². The smallest absolute Gasteiger partial charge is 0.200 e. The van der Waals surface area contributed by atoms with Crippen molar-refractivity contribution in [1.29, 1.82) is 0 Å². The lowest BCUT2D eigenvalue weighted by Gasteiger charge is -1.92. The number of hydrogen-bond acceptors (Lipinski definition) is 3. The standard InChI is InChI=1S/C9H6O3/c10-7-5-3-1-2-4-6(5)8(11)9(7)12/h1-4,9,12H. The van der Waals surface area contributed by atoms with Gasteiger partial charge >= 0.3 is 0 Å². The first kappa shape index (κ1) is 7.18. The third-order valence-electron chi connectivity index (χ3n) is 1.95. The molecule has 0 saturated carbocycles. The molecule has 1 aliphatic rings. The van der Waals surface area contributed by atoms with Gasteiger partial charge in [-0.2, -0.15) is 0 Å². The summed E-state index contributed by atoms with van der Waals surface area (Å²) in [5, 5.41) is 9.09. The van der Waals surface area contributed by atoms with Crippen LogP contribution in [0.3, 0.4) is 0 Å². The van der Waals surface area contributed by atoms with Crippen LogP contribution in [0.5, 0.6) is 0 Å². The van der Waals surface area contributed by atoms with Crippen molar-refractivity contribution in [3.8, 4) is 0 Å². The topological polar surface area (TPSA) is 54.4 Å². The van der Waals surface area contributed by atoms with Gasteiger partial charge in [-0.25, -0.2) is 0 Å². The Morgan fingerprint density at radius 2 is 1.42 bits per heavy atom. The van der Waals surface area contributed by atoms with Crippen LogP contribution in [0.15, 0.2) is 24.3 Å². The summed E-state index contributed by atoms with van der Waals surface area (Å²) in [6.07, 6.45) is -1.47. The Balaban J connectivity index is 2.67. The summed E-state index contributed by atoms with van der Waals surface area (Å²) < 4.78 is 0. The van der Waals surface area contributed by atoms with Crippen LogP contribution in [0.1, 0.15) is 20.7 Å². The van der Waals surface area contributed by atoms with E-state index in [1.165, 1.54) is 0 Å². The second kappa shape index (κ2) is 2.25. The van der Waals surface area contributed by atoms with Gasteiger partial charge in [-0.3, -0.25) is 9.59 Å². The molecular formula is C9H6O3. The minimum absolute atomic E-state index is 0.329. The van der Waals surface area contributed by atoms with Crippen molar-refractivity contribution in [3.63, 3.8) is 0 Å². The van der Waals surface area contributed by atoms with Crippen molar-refractivity contribution in [2.75, 3.05) is 0 Å². The number of benzene rings is 1. The van der Waals surface area contributed by atoms with Crippen molar-refractivity contribution in [2.24, 2.45) is 0 Å². The van der Waals surface area contributed by atoms with Gasteiger partial charge in [0.05, 0.1) is 0 Å². The molecule has 1 aliphatic carbocycles. The number of carbonyl (C=O) groups is 2. The van der Waals surface area contributed by atoms with Gasteiger partial charge in [0.2, 0.25) is 0 Å². The van der Waals surface area contributed by atoms with Crippen LogP contribution in [0.2, 0.25) is 0 Å². The summed E-state index contributed by atoms with van der Waals surface area (Å²) in [5.74, 6) is -0.980. The average Bonchev–Trinajstić information content (AvgIpc) is 2.33. The number of ketones is 2. The number of carbonyl (C=O) groups excluding carboxylic acids is 2. The zero-order valence-corrected chi connectivity index (χ0v) is 6.15. The zero-order chi connectivity index (χ0) is 8.72. The van der Waals surface area contributed by atoms with Gasteiger partial charge < -0.3 is 5.11 Å². The molecule has 0 heterocycles. The Hall–Kier alpha value is -1.48. The van der Waals surface area contributed by atoms with Gasteiger partial charge in [-0.1, -0.05) is 24.3 Å². The molecule has 0 fully saturated rings. The van der Waals surface area contributed by atoms with Crippen LogP contribution in [0, 0.1) is 0 Å². The van der Waals surface area contributed by atoms with Crippen molar-refractivity contribution in [3.05, 3.63) is 35.4 Å². The predicted octanol–water partition coefficient (Wildman–Crippen LogP) is 0.426. The van der Waals surface area contributed by atoms with Crippen LogP contribution in [-0.2, 0) is 0 Å². The Morgan fingerprint density at radius 1 is 1.00 bits per heavy atom. The minimum Gasteiger partial charge on any atom is -0.377 e. The first-order valence-electron chi connectivity index (χ1n) is 3.57. The van der Waals surface area contributed by atoms with Gasteiger partial charge in [0, 0.05) is 11.1 Å². The summed E-state index contributed by atoms with van der Waals surface area (Å²) in [4.78, 5) is 22.3. The maximum Gasteiger partial charge on any atom is 0.200 e. The van der Waals surface area contributed by atoms with Gasteiger partial charge in [-0.15, -0.1) is 0 Å². The van der Waals surface area contributed by atoms with E-state index in [0.717, 1.165) is 0 Å². The fourth-order valence-electron chi connectivity index (χ4n) is 1.33. The molecular weight excluding hydrogens is 156 g/mol. The third-order valence-corrected chi connectivity index (χ3v) is 1.95. The second-order valence-electron chi connectivity index (χ2n) is 2.68. The monoisotopic (exact) mass is 162 g/mol. The number of aliphatic hydroxyl groups excluding tert-OH is 1. The highest BCUT2D eigenvalue weighted by Gasteiger charge is 2.36. The molecule has 0 radical (unpaired) electrons. The number of fused-ring (bicyclic) bond motifs is 1.